The highest BCUT2D eigenvalue weighted by Crippen LogP contribution is 2.17. The molecule has 7 heteroatoms. The van der Waals surface area contributed by atoms with Gasteiger partial charge in [-0.1, -0.05) is 0 Å². The van der Waals surface area contributed by atoms with Gasteiger partial charge in [0.15, 0.2) is 0 Å². The van der Waals surface area contributed by atoms with Crippen LogP contribution >= 0.6 is 34.2 Å². The number of halogens is 2. The molecule has 1 heterocycles. The first kappa shape index (κ1) is 13.3. The summed E-state index contributed by atoms with van der Waals surface area (Å²) in [6, 6.07) is 7.90. The van der Waals surface area contributed by atoms with E-state index in [0.717, 1.165) is 5.69 Å². The molecule has 0 saturated heterocycles. The molecule has 18 heavy (non-hydrogen) atoms. The van der Waals surface area contributed by atoms with Crippen molar-refractivity contribution in [3.8, 4) is 0 Å². The summed E-state index contributed by atoms with van der Waals surface area (Å²) in [5, 5.41) is 3.26. The molecule has 0 amide bonds. The highest BCUT2D eigenvalue weighted by atomic mass is 127. The second-order valence-corrected chi connectivity index (χ2v) is 5.34. The molecule has 1 aromatic carbocycles. The number of aromatic nitrogens is 3. The fourth-order valence-corrected chi connectivity index (χ4v) is 1.77. The summed E-state index contributed by atoms with van der Waals surface area (Å²) < 4.78 is 1.17. The van der Waals surface area contributed by atoms with Crippen molar-refractivity contribution in [2.75, 3.05) is 24.3 Å². The van der Waals surface area contributed by atoms with Crippen molar-refractivity contribution in [2.45, 2.75) is 0 Å². The maximum atomic E-state index is 5.86. The molecule has 0 aliphatic heterocycles. The van der Waals surface area contributed by atoms with E-state index >= 15 is 0 Å². The summed E-state index contributed by atoms with van der Waals surface area (Å²) in [7, 11) is 3.70. The predicted octanol–water partition coefficient (Wildman–Crippen LogP) is 2.94. The van der Waals surface area contributed by atoms with Crippen molar-refractivity contribution in [1.82, 2.24) is 15.0 Å². The lowest BCUT2D eigenvalue weighted by molar-refractivity contribution is 0.961. The molecule has 0 atom stereocenters. The molecular formula is C11H11ClIN5. The topological polar surface area (TPSA) is 53.9 Å². The Balaban J connectivity index is 2.26. The number of benzene rings is 1. The molecule has 0 aliphatic carbocycles. The Morgan fingerprint density at radius 1 is 1.11 bits per heavy atom. The molecule has 0 fully saturated rings. The summed E-state index contributed by atoms with van der Waals surface area (Å²) >= 11 is 8.11. The molecule has 0 aliphatic rings. The van der Waals surface area contributed by atoms with Gasteiger partial charge in [-0.3, -0.25) is 0 Å². The van der Waals surface area contributed by atoms with Gasteiger partial charge in [-0.2, -0.15) is 15.0 Å². The maximum Gasteiger partial charge on any atom is 0.233 e. The largest absolute Gasteiger partial charge is 0.347 e. The second kappa shape index (κ2) is 5.66. The molecule has 2 rings (SSSR count). The monoisotopic (exact) mass is 375 g/mol. The lowest BCUT2D eigenvalue weighted by Gasteiger charge is -2.11. The number of nitrogens with zero attached hydrogens (tertiary/aromatic N) is 4. The first-order valence-corrected chi connectivity index (χ1v) is 6.62. The Labute approximate surface area is 124 Å². The summed E-state index contributed by atoms with van der Waals surface area (Å²) in [5.74, 6) is 0.947. The van der Waals surface area contributed by atoms with Gasteiger partial charge < -0.3 is 10.2 Å². The molecule has 0 bridgehead atoms. The van der Waals surface area contributed by atoms with Gasteiger partial charge in [0.1, 0.15) is 0 Å². The number of nitrogens with one attached hydrogen (secondary N) is 1. The van der Waals surface area contributed by atoms with Crippen LogP contribution in [-0.4, -0.2) is 29.0 Å². The molecule has 2 aromatic rings. The average molecular weight is 376 g/mol. The molecule has 1 N–H and O–H groups in total. The van der Waals surface area contributed by atoms with Gasteiger partial charge in [-0.25, -0.2) is 0 Å². The van der Waals surface area contributed by atoms with Crippen LogP contribution in [0.5, 0.6) is 0 Å². The molecule has 0 radical (unpaired) electrons. The van der Waals surface area contributed by atoms with Gasteiger partial charge in [0.25, 0.3) is 0 Å². The van der Waals surface area contributed by atoms with E-state index in [2.05, 4.69) is 42.9 Å². The second-order valence-electron chi connectivity index (χ2n) is 3.75. The van der Waals surface area contributed by atoms with Gasteiger partial charge >= 0.3 is 0 Å². The van der Waals surface area contributed by atoms with Crippen LogP contribution in [-0.2, 0) is 0 Å². The first-order valence-electron chi connectivity index (χ1n) is 5.16. The van der Waals surface area contributed by atoms with E-state index in [1.807, 2.05) is 38.4 Å². The highest BCUT2D eigenvalue weighted by molar-refractivity contribution is 14.1. The minimum absolute atomic E-state index is 0.168. The standard InChI is InChI=1S/C11H11ClIN5/c1-18(2)11-16-9(12)15-10(17-11)14-8-5-3-7(13)4-6-8/h3-6H,1-2H3,(H,14,15,16,17). The van der Waals surface area contributed by atoms with Crippen LogP contribution in [0.4, 0.5) is 17.6 Å². The quantitative estimate of drug-likeness (QED) is 0.836. The zero-order valence-corrected chi connectivity index (χ0v) is 12.8. The molecule has 0 saturated carbocycles. The molecular weight excluding hydrogens is 365 g/mol. The van der Waals surface area contributed by atoms with E-state index < -0.39 is 0 Å². The molecule has 0 unspecified atom stereocenters. The van der Waals surface area contributed by atoms with E-state index in [1.165, 1.54) is 3.57 Å². The van der Waals surface area contributed by atoms with Crippen LogP contribution < -0.4 is 10.2 Å². The summed E-state index contributed by atoms with van der Waals surface area (Å²) in [6.45, 7) is 0. The van der Waals surface area contributed by atoms with Crippen molar-refractivity contribution in [3.05, 3.63) is 33.1 Å². The third-order valence-electron chi connectivity index (χ3n) is 2.10. The van der Waals surface area contributed by atoms with Crippen molar-refractivity contribution >= 4 is 51.8 Å². The Bertz CT molecular complexity index is 544. The molecule has 0 spiro atoms. The highest BCUT2D eigenvalue weighted by Gasteiger charge is 2.06. The van der Waals surface area contributed by atoms with Crippen molar-refractivity contribution < 1.29 is 0 Å². The number of rotatable bonds is 3. The number of hydrogen-bond donors (Lipinski definition) is 1. The van der Waals surface area contributed by atoms with Crippen LogP contribution in [0, 0.1) is 3.57 Å². The van der Waals surface area contributed by atoms with Crippen LogP contribution in [0.1, 0.15) is 0 Å². The zero-order valence-electron chi connectivity index (χ0n) is 9.85. The summed E-state index contributed by atoms with van der Waals surface area (Å²) in [6.07, 6.45) is 0. The summed E-state index contributed by atoms with van der Waals surface area (Å²) in [5.41, 5.74) is 0.905. The van der Waals surface area contributed by atoms with E-state index in [9.17, 15) is 0 Å². The third-order valence-corrected chi connectivity index (χ3v) is 2.98. The number of anilines is 3. The minimum atomic E-state index is 0.168. The van der Waals surface area contributed by atoms with Crippen molar-refractivity contribution in [1.29, 1.82) is 0 Å². The molecule has 94 valence electrons. The van der Waals surface area contributed by atoms with Gasteiger partial charge in [0.05, 0.1) is 0 Å². The smallest absolute Gasteiger partial charge is 0.233 e. The zero-order chi connectivity index (χ0) is 13.1. The van der Waals surface area contributed by atoms with Crippen LogP contribution in [0.3, 0.4) is 0 Å². The van der Waals surface area contributed by atoms with Crippen LogP contribution in [0.15, 0.2) is 24.3 Å². The summed E-state index contributed by atoms with van der Waals surface area (Å²) in [4.78, 5) is 14.1. The minimum Gasteiger partial charge on any atom is -0.347 e. The Morgan fingerprint density at radius 2 is 1.78 bits per heavy atom. The SMILES string of the molecule is CN(C)c1nc(Cl)nc(Nc2ccc(I)cc2)n1. The predicted molar refractivity (Wildman–Crippen MR) is 81.6 cm³/mol. The molecule has 1 aromatic heterocycles. The van der Waals surface area contributed by atoms with E-state index in [-0.39, 0.29) is 5.28 Å². The fourth-order valence-electron chi connectivity index (χ4n) is 1.26. The lowest BCUT2D eigenvalue weighted by Crippen LogP contribution is -2.14. The van der Waals surface area contributed by atoms with Gasteiger partial charge in [-0.05, 0) is 58.5 Å². The fraction of sp³-hybridized carbons (Fsp3) is 0.182. The van der Waals surface area contributed by atoms with E-state index in [0.29, 0.717) is 11.9 Å². The Kier molecular flexibility index (Phi) is 4.18. The van der Waals surface area contributed by atoms with Crippen LogP contribution in [0.2, 0.25) is 5.28 Å². The van der Waals surface area contributed by atoms with Crippen LogP contribution in [0.25, 0.3) is 0 Å². The van der Waals surface area contributed by atoms with Crippen molar-refractivity contribution in [2.24, 2.45) is 0 Å². The average Bonchev–Trinajstić information content (AvgIpc) is 2.31. The Morgan fingerprint density at radius 3 is 2.39 bits per heavy atom. The van der Waals surface area contributed by atoms with E-state index in [4.69, 9.17) is 11.6 Å². The third kappa shape index (κ3) is 3.42. The van der Waals surface area contributed by atoms with Gasteiger partial charge in [-0.15, -0.1) is 0 Å². The lowest BCUT2D eigenvalue weighted by atomic mass is 10.3. The van der Waals surface area contributed by atoms with Crippen molar-refractivity contribution in [3.63, 3.8) is 0 Å². The Hall–Kier alpha value is -1.15. The molecule has 5 nitrogen and oxygen atoms in total. The van der Waals surface area contributed by atoms with Gasteiger partial charge in [0.2, 0.25) is 17.2 Å². The normalized spacial score (nSPS) is 10.2. The number of hydrogen-bond acceptors (Lipinski definition) is 5. The van der Waals surface area contributed by atoms with Gasteiger partial charge in [0, 0.05) is 23.4 Å². The van der Waals surface area contributed by atoms with E-state index in [1.54, 1.807) is 4.90 Å². The first-order chi connectivity index (χ1) is 8.54. The maximum absolute atomic E-state index is 5.86.